The van der Waals surface area contributed by atoms with Crippen LogP contribution in [0.4, 0.5) is 5.69 Å². The zero-order chi connectivity index (χ0) is 12.8. The number of benzene rings is 1. The van der Waals surface area contributed by atoms with Crippen molar-refractivity contribution in [2.45, 2.75) is 13.5 Å². The first-order valence-corrected chi connectivity index (χ1v) is 5.80. The highest BCUT2D eigenvalue weighted by Gasteiger charge is 2.10. The van der Waals surface area contributed by atoms with Crippen LogP contribution in [0.1, 0.15) is 12.5 Å². The second kappa shape index (κ2) is 6.25. The van der Waals surface area contributed by atoms with Crippen LogP contribution < -0.4 is 5.73 Å². The summed E-state index contributed by atoms with van der Waals surface area (Å²) in [5.41, 5.74) is 7.54. The Morgan fingerprint density at radius 1 is 1.24 bits per heavy atom. The van der Waals surface area contributed by atoms with Gasteiger partial charge in [-0.2, -0.15) is 0 Å². The van der Waals surface area contributed by atoms with Crippen LogP contribution in [0.15, 0.2) is 24.3 Å². The number of nitrogens with two attached hydrogens (primary N) is 1. The molecule has 0 saturated heterocycles. The Kier molecular flexibility index (Phi) is 4.97. The maximum absolute atomic E-state index is 11.7. The SMILES string of the molecule is CCN(C)C(=O)CN(C)Cc1ccc(N)cc1. The smallest absolute Gasteiger partial charge is 0.236 e. The summed E-state index contributed by atoms with van der Waals surface area (Å²) in [6, 6.07) is 7.73. The predicted octanol–water partition coefficient (Wildman–Crippen LogP) is 1.18. The van der Waals surface area contributed by atoms with E-state index >= 15 is 0 Å². The summed E-state index contributed by atoms with van der Waals surface area (Å²) in [6.07, 6.45) is 0. The summed E-state index contributed by atoms with van der Waals surface area (Å²) in [6.45, 7) is 3.91. The summed E-state index contributed by atoms with van der Waals surface area (Å²) in [5.74, 6) is 0.144. The van der Waals surface area contributed by atoms with Crippen molar-refractivity contribution in [1.29, 1.82) is 0 Å². The third kappa shape index (κ3) is 4.44. The van der Waals surface area contributed by atoms with Crippen LogP contribution in [0.25, 0.3) is 0 Å². The molecule has 0 unspecified atom stereocenters. The number of nitrogen functional groups attached to an aromatic ring is 1. The fraction of sp³-hybridized carbons (Fsp3) is 0.462. The van der Waals surface area contributed by atoms with Gasteiger partial charge in [0.1, 0.15) is 0 Å². The van der Waals surface area contributed by atoms with Crippen LogP contribution in [-0.4, -0.2) is 42.9 Å². The quantitative estimate of drug-likeness (QED) is 0.780. The van der Waals surface area contributed by atoms with E-state index in [1.54, 1.807) is 4.90 Å². The topological polar surface area (TPSA) is 49.6 Å². The number of nitrogens with zero attached hydrogens (tertiary/aromatic N) is 2. The van der Waals surface area contributed by atoms with E-state index in [0.717, 1.165) is 24.3 Å². The van der Waals surface area contributed by atoms with Crippen molar-refractivity contribution in [2.24, 2.45) is 0 Å². The van der Waals surface area contributed by atoms with Crippen LogP contribution in [0, 0.1) is 0 Å². The van der Waals surface area contributed by atoms with Crippen molar-refractivity contribution in [2.75, 3.05) is 32.9 Å². The Balaban J connectivity index is 2.47. The van der Waals surface area contributed by atoms with E-state index in [9.17, 15) is 4.79 Å². The largest absolute Gasteiger partial charge is 0.399 e. The molecule has 0 aliphatic rings. The van der Waals surface area contributed by atoms with Gasteiger partial charge in [-0.05, 0) is 31.7 Å². The van der Waals surface area contributed by atoms with Crippen LogP contribution in [0.2, 0.25) is 0 Å². The minimum absolute atomic E-state index is 0.144. The van der Waals surface area contributed by atoms with Gasteiger partial charge in [-0.1, -0.05) is 12.1 Å². The van der Waals surface area contributed by atoms with E-state index in [1.165, 1.54) is 0 Å². The van der Waals surface area contributed by atoms with Gasteiger partial charge >= 0.3 is 0 Å². The highest BCUT2D eigenvalue weighted by Crippen LogP contribution is 2.07. The number of carbonyl (C=O) groups is 1. The molecule has 1 aromatic carbocycles. The third-order valence-electron chi connectivity index (χ3n) is 2.74. The molecule has 17 heavy (non-hydrogen) atoms. The summed E-state index contributed by atoms with van der Waals surface area (Å²) < 4.78 is 0. The average molecular weight is 235 g/mol. The third-order valence-corrected chi connectivity index (χ3v) is 2.74. The lowest BCUT2D eigenvalue weighted by molar-refractivity contribution is -0.130. The normalized spacial score (nSPS) is 10.6. The van der Waals surface area contributed by atoms with Gasteiger partial charge in [-0.25, -0.2) is 0 Å². The van der Waals surface area contributed by atoms with Crippen LogP contribution in [-0.2, 0) is 11.3 Å². The molecule has 0 spiro atoms. The second-order valence-corrected chi connectivity index (χ2v) is 4.32. The minimum atomic E-state index is 0.144. The molecule has 0 radical (unpaired) electrons. The Labute approximate surface area is 103 Å². The molecule has 0 heterocycles. The monoisotopic (exact) mass is 235 g/mol. The molecule has 0 saturated carbocycles. The Bertz CT molecular complexity index is 361. The first kappa shape index (κ1) is 13.5. The summed E-state index contributed by atoms with van der Waals surface area (Å²) in [7, 11) is 3.76. The molecule has 4 nitrogen and oxygen atoms in total. The van der Waals surface area contributed by atoms with Crippen molar-refractivity contribution >= 4 is 11.6 Å². The minimum Gasteiger partial charge on any atom is -0.399 e. The maximum atomic E-state index is 11.7. The molecule has 0 atom stereocenters. The van der Waals surface area contributed by atoms with Gasteiger partial charge < -0.3 is 10.6 Å². The van der Waals surface area contributed by atoms with Gasteiger partial charge in [0.05, 0.1) is 6.54 Å². The molecule has 1 amide bonds. The van der Waals surface area contributed by atoms with E-state index in [2.05, 4.69) is 0 Å². The zero-order valence-corrected chi connectivity index (χ0v) is 10.8. The number of anilines is 1. The van der Waals surface area contributed by atoms with Crippen LogP contribution >= 0.6 is 0 Å². The Morgan fingerprint density at radius 3 is 2.35 bits per heavy atom. The van der Waals surface area contributed by atoms with Gasteiger partial charge in [0.25, 0.3) is 0 Å². The summed E-state index contributed by atoms with van der Waals surface area (Å²) in [5, 5.41) is 0. The van der Waals surface area contributed by atoms with E-state index in [0.29, 0.717) is 6.54 Å². The first-order chi connectivity index (χ1) is 8.02. The van der Waals surface area contributed by atoms with Crippen molar-refractivity contribution in [3.05, 3.63) is 29.8 Å². The molecule has 1 aromatic rings. The van der Waals surface area contributed by atoms with E-state index in [-0.39, 0.29) is 5.91 Å². The number of likely N-dealkylation sites (N-methyl/N-ethyl adjacent to an activating group) is 2. The molecule has 0 aliphatic carbocycles. The number of carbonyl (C=O) groups excluding carboxylic acids is 1. The lowest BCUT2D eigenvalue weighted by Gasteiger charge is -2.20. The predicted molar refractivity (Wildman–Crippen MR) is 70.5 cm³/mol. The number of rotatable bonds is 5. The highest BCUT2D eigenvalue weighted by molar-refractivity contribution is 5.77. The molecule has 94 valence electrons. The number of amides is 1. The van der Waals surface area contributed by atoms with Gasteiger partial charge in [0.15, 0.2) is 0 Å². The summed E-state index contributed by atoms with van der Waals surface area (Å²) in [4.78, 5) is 15.4. The lowest BCUT2D eigenvalue weighted by atomic mass is 10.2. The van der Waals surface area contributed by atoms with E-state index in [4.69, 9.17) is 5.73 Å². The van der Waals surface area contributed by atoms with Crippen molar-refractivity contribution in [1.82, 2.24) is 9.80 Å². The molecular formula is C13H21N3O. The van der Waals surface area contributed by atoms with E-state index < -0.39 is 0 Å². The van der Waals surface area contributed by atoms with Gasteiger partial charge in [0, 0.05) is 25.8 Å². The Morgan fingerprint density at radius 2 is 1.82 bits per heavy atom. The fourth-order valence-corrected chi connectivity index (χ4v) is 1.52. The average Bonchev–Trinajstić information content (AvgIpc) is 2.30. The number of hydrogen-bond acceptors (Lipinski definition) is 3. The zero-order valence-electron chi connectivity index (χ0n) is 10.8. The molecular weight excluding hydrogens is 214 g/mol. The van der Waals surface area contributed by atoms with Gasteiger partial charge in [0.2, 0.25) is 5.91 Å². The fourth-order valence-electron chi connectivity index (χ4n) is 1.52. The van der Waals surface area contributed by atoms with Crippen molar-refractivity contribution in [3.8, 4) is 0 Å². The molecule has 2 N–H and O–H groups in total. The first-order valence-electron chi connectivity index (χ1n) is 5.80. The molecule has 0 aliphatic heterocycles. The maximum Gasteiger partial charge on any atom is 0.236 e. The van der Waals surface area contributed by atoms with Gasteiger partial charge in [-0.3, -0.25) is 9.69 Å². The molecule has 0 aromatic heterocycles. The van der Waals surface area contributed by atoms with Crippen molar-refractivity contribution < 1.29 is 4.79 Å². The van der Waals surface area contributed by atoms with Gasteiger partial charge in [-0.15, -0.1) is 0 Å². The highest BCUT2D eigenvalue weighted by atomic mass is 16.2. The van der Waals surface area contributed by atoms with Crippen LogP contribution in [0.5, 0.6) is 0 Å². The van der Waals surface area contributed by atoms with Crippen molar-refractivity contribution in [3.63, 3.8) is 0 Å². The second-order valence-electron chi connectivity index (χ2n) is 4.32. The number of hydrogen-bond donors (Lipinski definition) is 1. The summed E-state index contributed by atoms with van der Waals surface area (Å²) >= 11 is 0. The standard InChI is InChI=1S/C13H21N3O/c1-4-16(3)13(17)10-15(2)9-11-5-7-12(14)8-6-11/h5-8H,4,9-10,14H2,1-3H3. The Hall–Kier alpha value is -1.55. The molecule has 4 heteroatoms. The molecule has 1 rings (SSSR count). The lowest BCUT2D eigenvalue weighted by Crippen LogP contribution is -2.36. The van der Waals surface area contributed by atoms with E-state index in [1.807, 2.05) is 50.2 Å². The molecule has 0 fully saturated rings. The van der Waals surface area contributed by atoms with Crippen LogP contribution in [0.3, 0.4) is 0 Å². The molecule has 0 bridgehead atoms.